The van der Waals surface area contributed by atoms with Crippen LogP contribution in [-0.2, 0) is 14.3 Å². The van der Waals surface area contributed by atoms with Gasteiger partial charge < -0.3 is 20.5 Å². The summed E-state index contributed by atoms with van der Waals surface area (Å²) in [5.74, 6) is -0.971. The molecule has 0 aliphatic rings. The van der Waals surface area contributed by atoms with Crippen molar-refractivity contribution in [2.24, 2.45) is 0 Å². The Kier molecular flexibility index (Phi) is 9.37. The molecule has 1 atom stereocenters. The maximum absolute atomic E-state index is 11.3. The average Bonchev–Trinajstić information content (AvgIpc) is 2.28. The zero-order valence-electron chi connectivity index (χ0n) is 10.5. The minimum absolute atomic E-state index is 0.102. The van der Waals surface area contributed by atoms with Crippen LogP contribution in [0.2, 0.25) is 0 Å². The van der Waals surface area contributed by atoms with Crippen LogP contribution in [0.3, 0.4) is 0 Å². The van der Waals surface area contributed by atoms with Gasteiger partial charge in [-0.25, -0.2) is 0 Å². The minimum atomic E-state index is -0.869. The van der Waals surface area contributed by atoms with Crippen molar-refractivity contribution in [2.45, 2.75) is 32.2 Å². The molecule has 0 spiro atoms. The molecule has 0 aliphatic carbocycles. The van der Waals surface area contributed by atoms with Gasteiger partial charge in [0.1, 0.15) is 6.04 Å². The lowest BCUT2D eigenvalue weighted by Gasteiger charge is -2.13. The molecule has 0 saturated carbocycles. The van der Waals surface area contributed by atoms with Crippen molar-refractivity contribution >= 4 is 11.9 Å². The van der Waals surface area contributed by atoms with E-state index >= 15 is 0 Å². The number of nitrogens with one attached hydrogen (secondary N) is 2. The maximum atomic E-state index is 11.3. The first-order valence-corrected chi connectivity index (χ1v) is 5.83. The zero-order chi connectivity index (χ0) is 13.1. The van der Waals surface area contributed by atoms with E-state index in [-0.39, 0.29) is 12.3 Å². The van der Waals surface area contributed by atoms with Crippen LogP contribution in [0.25, 0.3) is 0 Å². The molecule has 100 valence electrons. The number of rotatable bonds is 10. The Morgan fingerprint density at radius 3 is 2.59 bits per heavy atom. The largest absolute Gasteiger partial charge is 0.480 e. The lowest BCUT2D eigenvalue weighted by atomic mass is 10.1. The van der Waals surface area contributed by atoms with E-state index in [1.165, 1.54) is 0 Å². The molecule has 0 heterocycles. The number of hydrogen-bond donors (Lipinski definition) is 3. The van der Waals surface area contributed by atoms with Crippen molar-refractivity contribution in [2.75, 3.05) is 26.8 Å². The molecule has 6 nitrogen and oxygen atoms in total. The Labute approximate surface area is 102 Å². The lowest BCUT2D eigenvalue weighted by molar-refractivity contribution is -0.139. The zero-order valence-corrected chi connectivity index (χ0v) is 10.5. The topological polar surface area (TPSA) is 87.7 Å². The van der Waals surface area contributed by atoms with Crippen molar-refractivity contribution in [3.63, 3.8) is 0 Å². The van der Waals surface area contributed by atoms with E-state index in [1.807, 2.05) is 6.92 Å². The van der Waals surface area contributed by atoms with Crippen LogP contribution < -0.4 is 10.6 Å². The van der Waals surface area contributed by atoms with Crippen molar-refractivity contribution < 1.29 is 19.4 Å². The molecule has 17 heavy (non-hydrogen) atoms. The number of carboxylic acids is 1. The predicted molar refractivity (Wildman–Crippen MR) is 63.8 cm³/mol. The highest BCUT2D eigenvalue weighted by Crippen LogP contribution is 1.96. The predicted octanol–water partition coefficient (Wildman–Crippen LogP) is -0.0180. The van der Waals surface area contributed by atoms with Crippen LogP contribution in [0.5, 0.6) is 0 Å². The number of carbonyl (C=O) groups excluding carboxylic acids is 1. The van der Waals surface area contributed by atoms with Crippen molar-refractivity contribution in [1.29, 1.82) is 0 Å². The highest BCUT2D eigenvalue weighted by Gasteiger charge is 2.15. The number of amides is 1. The lowest BCUT2D eigenvalue weighted by Crippen LogP contribution is -2.39. The molecule has 1 unspecified atom stereocenters. The Morgan fingerprint density at radius 1 is 1.35 bits per heavy atom. The molecular weight excluding hydrogens is 224 g/mol. The van der Waals surface area contributed by atoms with E-state index in [4.69, 9.17) is 9.84 Å². The van der Waals surface area contributed by atoms with Gasteiger partial charge >= 0.3 is 5.97 Å². The quantitative estimate of drug-likeness (QED) is 0.472. The molecule has 0 aromatic rings. The third-order valence-electron chi connectivity index (χ3n) is 2.25. The van der Waals surface area contributed by atoms with Crippen LogP contribution in [-0.4, -0.2) is 49.8 Å². The number of carboxylic acid groups (broad SMARTS) is 1. The Morgan fingerprint density at radius 2 is 2.06 bits per heavy atom. The molecule has 0 fully saturated rings. The second-order valence-electron chi connectivity index (χ2n) is 3.73. The van der Waals surface area contributed by atoms with Gasteiger partial charge in [-0.05, 0) is 6.42 Å². The van der Waals surface area contributed by atoms with E-state index in [1.54, 1.807) is 7.11 Å². The Bertz CT molecular complexity index is 234. The highest BCUT2D eigenvalue weighted by molar-refractivity contribution is 5.76. The summed E-state index contributed by atoms with van der Waals surface area (Å²) in [6.45, 7) is 3.25. The highest BCUT2D eigenvalue weighted by atomic mass is 16.5. The molecule has 1 amide bonds. The molecule has 6 heteroatoms. The van der Waals surface area contributed by atoms with Gasteiger partial charge in [-0.15, -0.1) is 0 Å². The third kappa shape index (κ3) is 8.65. The maximum Gasteiger partial charge on any atom is 0.320 e. The summed E-state index contributed by atoms with van der Waals surface area (Å²) >= 11 is 0. The average molecular weight is 246 g/mol. The summed E-state index contributed by atoms with van der Waals surface area (Å²) < 4.78 is 4.79. The van der Waals surface area contributed by atoms with Gasteiger partial charge in [-0.1, -0.05) is 13.3 Å². The molecule has 0 aromatic carbocycles. The summed E-state index contributed by atoms with van der Waals surface area (Å²) in [6.07, 6.45) is 1.64. The fraction of sp³-hybridized carbons (Fsp3) is 0.818. The van der Waals surface area contributed by atoms with Gasteiger partial charge in [0, 0.05) is 26.6 Å². The first-order chi connectivity index (χ1) is 8.11. The molecule has 0 rings (SSSR count). The second kappa shape index (κ2) is 10.0. The fourth-order valence-electron chi connectivity index (χ4n) is 1.34. The number of ether oxygens (including phenoxy) is 1. The van der Waals surface area contributed by atoms with Gasteiger partial charge in [-0.2, -0.15) is 0 Å². The molecule has 3 N–H and O–H groups in total. The van der Waals surface area contributed by atoms with E-state index in [2.05, 4.69) is 10.6 Å². The Balaban J connectivity index is 3.65. The molecular formula is C11H22N2O4. The van der Waals surface area contributed by atoms with Crippen molar-refractivity contribution in [1.82, 2.24) is 10.6 Å². The fourth-order valence-corrected chi connectivity index (χ4v) is 1.34. The molecule has 0 bridgehead atoms. The molecule has 0 aromatic heterocycles. The van der Waals surface area contributed by atoms with Gasteiger partial charge in [0.25, 0.3) is 0 Å². The Hall–Kier alpha value is -1.14. The van der Waals surface area contributed by atoms with E-state index < -0.39 is 12.0 Å². The number of carbonyl (C=O) groups is 2. The SMILES string of the molecule is CCCC(NCCC(=O)NCCOC)C(=O)O. The number of methoxy groups -OCH3 is 1. The van der Waals surface area contributed by atoms with E-state index in [9.17, 15) is 9.59 Å². The van der Waals surface area contributed by atoms with Crippen LogP contribution in [0.4, 0.5) is 0 Å². The first-order valence-electron chi connectivity index (χ1n) is 5.83. The van der Waals surface area contributed by atoms with Crippen LogP contribution >= 0.6 is 0 Å². The van der Waals surface area contributed by atoms with Crippen LogP contribution in [0.15, 0.2) is 0 Å². The summed E-state index contributed by atoms with van der Waals surface area (Å²) in [4.78, 5) is 22.1. The van der Waals surface area contributed by atoms with E-state index in [0.29, 0.717) is 26.1 Å². The van der Waals surface area contributed by atoms with Gasteiger partial charge in [0.15, 0.2) is 0 Å². The second-order valence-corrected chi connectivity index (χ2v) is 3.73. The number of hydrogen-bond acceptors (Lipinski definition) is 4. The number of aliphatic carboxylic acids is 1. The van der Waals surface area contributed by atoms with Crippen molar-refractivity contribution in [3.8, 4) is 0 Å². The molecule has 0 saturated heterocycles. The van der Waals surface area contributed by atoms with Crippen molar-refractivity contribution in [3.05, 3.63) is 0 Å². The van der Waals surface area contributed by atoms with E-state index in [0.717, 1.165) is 6.42 Å². The van der Waals surface area contributed by atoms with Gasteiger partial charge in [0.2, 0.25) is 5.91 Å². The summed E-state index contributed by atoms with van der Waals surface area (Å²) in [5, 5.41) is 14.4. The van der Waals surface area contributed by atoms with Gasteiger partial charge in [0.05, 0.1) is 6.61 Å². The third-order valence-corrected chi connectivity index (χ3v) is 2.25. The monoisotopic (exact) mass is 246 g/mol. The summed E-state index contributed by atoms with van der Waals surface area (Å²) in [7, 11) is 1.57. The smallest absolute Gasteiger partial charge is 0.320 e. The minimum Gasteiger partial charge on any atom is -0.480 e. The molecule has 0 aliphatic heterocycles. The standard InChI is InChI=1S/C11H22N2O4/c1-3-4-9(11(15)16)12-6-5-10(14)13-7-8-17-2/h9,12H,3-8H2,1-2H3,(H,13,14)(H,15,16). The molecule has 0 radical (unpaired) electrons. The summed E-state index contributed by atoms with van der Waals surface area (Å²) in [5.41, 5.74) is 0. The normalized spacial score (nSPS) is 12.1. The first kappa shape index (κ1) is 15.9. The summed E-state index contributed by atoms with van der Waals surface area (Å²) in [6, 6.07) is -0.563. The van der Waals surface area contributed by atoms with Crippen LogP contribution in [0.1, 0.15) is 26.2 Å². The van der Waals surface area contributed by atoms with Gasteiger partial charge in [-0.3, -0.25) is 9.59 Å². The van der Waals surface area contributed by atoms with Crippen LogP contribution in [0, 0.1) is 0 Å².